The molecule has 1 fully saturated rings. The topological polar surface area (TPSA) is 93.1 Å². The average Bonchev–Trinajstić information content (AvgIpc) is 2.97. The largest absolute Gasteiger partial charge is 0.464 e. The number of carbonyl (C=O) groups excluding carboxylic acids is 3. The monoisotopic (exact) mass is 405 g/mol. The van der Waals surface area contributed by atoms with E-state index in [9.17, 15) is 19.5 Å². The fourth-order valence-electron chi connectivity index (χ4n) is 4.07. The number of carbonyl (C=O) groups is 3. The zero-order valence-corrected chi connectivity index (χ0v) is 17.8. The number of esters is 1. The van der Waals surface area contributed by atoms with E-state index in [1.807, 2.05) is 30.3 Å². The summed E-state index contributed by atoms with van der Waals surface area (Å²) in [6, 6.07) is 7.42. The van der Waals surface area contributed by atoms with Crippen molar-refractivity contribution in [3.63, 3.8) is 0 Å². The van der Waals surface area contributed by atoms with Crippen LogP contribution in [0.25, 0.3) is 0 Å². The zero-order chi connectivity index (χ0) is 21.8. The highest BCUT2D eigenvalue weighted by Gasteiger charge is 2.57. The summed E-state index contributed by atoms with van der Waals surface area (Å²) in [4.78, 5) is 40.1. The van der Waals surface area contributed by atoms with E-state index in [2.05, 4.69) is 0 Å². The van der Waals surface area contributed by atoms with Gasteiger partial charge in [-0.3, -0.25) is 9.69 Å². The van der Waals surface area contributed by atoms with Gasteiger partial charge in [0.15, 0.2) is 0 Å². The minimum atomic E-state index is -1.02. The van der Waals surface area contributed by atoms with Crippen molar-refractivity contribution in [3.8, 4) is 0 Å². The van der Waals surface area contributed by atoms with Crippen LogP contribution in [-0.4, -0.2) is 52.7 Å². The lowest BCUT2D eigenvalue weighted by atomic mass is 9.80. The molecule has 0 radical (unpaired) electrons. The third-order valence-corrected chi connectivity index (χ3v) is 5.01. The number of Topliss-reactive ketones (excluding diaryl/α,β-unsaturated/α-hetero) is 1. The number of ketones is 1. The molecule has 1 aliphatic heterocycles. The summed E-state index contributed by atoms with van der Waals surface area (Å²) in [6.45, 7) is 8.29. The molecule has 29 heavy (non-hydrogen) atoms. The van der Waals surface area contributed by atoms with Crippen molar-refractivity contribution in [2.24, 2.45) is 11.8 Å². The SMILES string of the molecule is CCOC(=O)[C@@H]1[C@@H](CCO)[C@@H](C(C)=O)[C@H](c2ccccc2)N1C(=O)OC(C)(C)C. The number of hydrogen-bond donors (Lipinski definition) is 1. The van der Waals surface area contributed by atoms with E-state index in [-0.39, 0.29) is 25.4 Å². The molecule has 1 aromatic carbocycles. The summed E-state index contributed by atoms with van der Waals surface area (Å²) in [6.07, 6.45) is -0.493. The van der Waals surface area contributed by atoms with Crippen LogP contribution < -0.4 is 0 Å². The second-order valence-electron chi connectivity index (χ2n) is 8.25. The van der Waals surface area contributed by atoms with E-state index in [1.54, 1.807) is 27.7 Å². The Kier molecular flexibility index (Phi) is 7.41. The first-order valence-corrected chi connectivity index (χ1v) is 9.96. The predicted molar refractivity (Wildman–Crippen MR) is 107 cm³/mol. The summed E-state index contributed by atoms with van der Waals surface area (Å²) >= 11 is 0. The molecule has 0 bridgehead atoms. The summed E-state index contributed by atoms with van der Waals surface area (Å²) in [5, 5.41) is 9.63. The van der Waals surface area contributed by atoms with Gasteiger partial charge < -0.3 is 14.6 Å². The number of amides is 1. The molecule has 160 valence electrons. The molecule has 0 spiro atoms. The van der Waals surface area contributed by atoms with Gasteiger partial charge in [-0.25, -0.2) is 9.59 Å². The van der Waals surface area contributed by atoms with Gasteiger partial charge in [-0.15, -0.1) is 0 Å². The summed E-state index contributed by atoms with van der Waals surface area (Å²) in [5.41, 5.74) is -0.0495. The van der Waals surface area contributed by atoms with Crippen LogP contribution in [0.15, 0.2) is 30.3 Å². The summed E-state index contributed by atoms with van der Waals surface area (Å²) < 4.78 is 10.8. The minimum absolute atomic E-state index is 0.143. The maximum atomic E-state index is 13.2. The lowest BCUT2D eigenvalue weighted by Gasteiger charge is -2.33. The Morgan fingerprint density at radius 2 is 1.76 bits per heavy atom. The van der Waals surface area contributed by atoms with Crippen molar-refractivity contribution >= 4 is 17.8 Å². The molecule has 1 N–H and O–H groups in total. The van der Waals surface area contributed by atoms with Crippen LogP contribution in [0.3, 0.4) is 0 Å². The third-order valence-electron chi connectivity index (χ3n) is 5.01. The van der Waals surface area contributed by atoms with Crippen molar-refractivity contribution in [1.82, 2.24) is 4.90 Å². The smallest absolute Gasteiger partial charge is 0.411 e. The minimum Gasteiger partial charge on any atom is -0.464 e. The van der Waals surface area contributed by atoms with Gasteiger partial charge in [0, 0.05) is 18.4 Å². The van der Waals surface area contributed by atoms with Crippen molar-refractivity contribution in [2.75, 3.05) is 13.2 Å². The fourth-order valence-corrected chi connectivity index (χ4v) is 4.07. The maximum Gasteiger partial charge on any atom is 0.411 e. The fraction of sp³-hybridized carbons (Fsp3) is 0.591. The first kappa shape index (κ1) is 22.9. The highest BCUT2D eigenvalue weighted by atomic mass is 16.6. The zero-order valence-electron chi connectivity index (χ0n) is 17.8. The maximum absolute atomic E-state index is 13.2. The first-order valence-electron chi connectivity index (χ1n) is 9.96. The quantitative estimate of drug-likeness (QED) is 0.731. The number of benzene rings is 1. The van der Waals surface area contributed by atoms with Crippen molar-refractivity contribution < 1.29 is 29.0 Å². The average molecular weight is 405 g/mol. The molecule has 1 aliphatic rings. The van der Waals surface area contributed by atoms with Gasteiger partial charge >= 0.3 is 12.1 Å². The third kappa shape index (κ3) is 5.15. The van der Waals surface area contributed by atoms with Crippen LogP contribution in [0.5, 0.6) is 0 Å². The summed E-state index contributed by atoms with van der Waals surface area (Å²) in [5.74, 6) is -1.99. The number of nitrogens with zero attached hydrogens (tertiary/aromatic N) is 1. The van der Waals surface area contributed by atoms with Gasteiger partial charge in [-0.05, 0) is 46.6 Å². The molecule has 0 aromatic heterocycles. The molecule has 1 aromatic rings. The van der Waals surface area contributed by atoms with Gasteiger partial charge in [0.1, 0.15) is 17.4 Å². The Morgan fingerprint density at radius 3 is 2.24 bits per heavy atom. The van der Waals surface area contributed by atoms with Gasteiger partial charge in [-0.1, -0.05) is 30.3 Å². The molecule has 1 heterocycles. The lowest BCUT2D eigenvalue weighted by Crippen LogP contribution is -2.47. The van der Waals surface area contributed by atoms with Crippen molar-refractivity contribution in [3.05, 3.63) is 35.9 Å². The van der Waals surface area contributed by atoms with Gasteiger partial charge in [0.2, 0.25) is 0 Å². The van der Waals surface area contributed by atoms with E-state index in [0.29, 0.717) is 0 Å². The Bertz CT molecular complexity index is 727. The molecule has 1 saturated heterocycles. The van der Waals surface area contributed by atoms with Crippen LogP contribution in [0.1, 0.15) is 52.6 Å². The Morgan fingerprint density at radius 1 is 1.14 bits per heavy atom. The van der Waals surface area contributed by atoms with E-state index in [0.717, 1.165) is 5.56 Å². The Balaban J connectivity index is 2.64. The van der Waals surface area contributed by atoms with Crippen LogP contribution in [0, 0.1) is 11.8 Å². The molecule has 7 heteroatoms. The van der Waals surface area contributed by atoms with E-state index in [1.165, 1.54) is 11.8 Å². The number of aliphatic hydroxyl groups excluding tert-OH is 1. The Hall–Kier alpha value is -2.41. The van der Waals surface area contributed by atoms with E-state index >= 15 is 0 Å². The van der Waals surface area contributed by atoms with Crippen LogP contribution in [0.2, 0.25) is 0 Å². The highest BCUT2D eigenvalue weighted by molar-refractivity contribution is 5.88. The molecule has 4 atom stereocenters. The molecule has 2 rings (SSSR count). The van der Waals surface area contributed by atoms with Gasteiger partial charge in [0.25, 0.3) is 0 Å². The van der Waals surface area contributed by atoms with E-state index in [4.69, 9.17) is 9.47 Å². The number of hydrogen-bond acceptors (Lipinski definition) is 6. The second kappa shape index (κ2) is 9.39. The predicted octanol–water partition coefficient (Wildman–Crippen LogP) is 3.11. The second-order valence-corrected chi connectivity index (χ2v) is 8.25. The number of rotatable bonds is 6. The molecular weight excluding hydrogens is 374 g/mol. The van der Waals surface area contributed by atoms with Crippen molar-refractivity contribution in [1.29, 1.82) is 0 Å². The molecule has 7 nitrogen and oxygen atoms in total. The lowest BCUT2D eigenvalue weighted by molar-refractivity contribution is -0.150. The van der Waals surface area contributed by atoms with Gasteiger partial charge in [0.05, 0.1) is 12.6 Å². The van der Waals surface area contributed by atoms with Crippen LogP contribution >= 0.6 is 0 Å². The molecule has 0 unspecified atom stereocenters. The molecule has 0 saturated carbocycles. The highest BCUT2D eigenvalue weighted by Crippen LogP contribution is 2.47. The van der Waals surface area contributed by atoms with E-state index < -0.39 is 41.6 Å². The Labute approximate surface area is 172 Å². The number of aliphatic hydroxyl groups is 1. The normalized spacial score (nSPS) is 24.3. The van der Waals surface area contributed by atoms with Crippen molar-refractivity contribution in [2.45, 2.75) is 58.7 Å². The molecule has 0 aliphatic carbocycles. The number of likely N-dealkylation sites (tertiary alicyclic amines) is 1. The summed E-state index contributed by atoms with van der Waals surface area (Å²) in [7, 11) is 0. The first-order chi connectivity index (χ1) is 13.6. The van der Waals surface area contributed by atoms with Crippen LogP contribution in [-0.2, 0) is 19.1 Å². The standard InChI is InChI=1S/C22H31NO6/c1-6-28-20(26)19-16(12-13-24)17(14(2)25)18(15-10-8-7-9-11-15)23(19)21(27)29-22(3,4)5/h7-11,16-19,24H,6,12-13H2,1-5H3/t16-,17+,18-,19-/m0/s1. The van der Waals surface area contributed by atoms with Gasteiger partial charge in [-0.2, -0.15) is 0 Å². The van der Waals surface area contributed by atoms with Crippen LogP contribution in [0.4, 0.5) is 4.79 Å². The molecular formula is C22H31NO6. The number of ether oxygens (including phenoxy) is 2. The molecule has 1 amide bonds.